The average Bonchev–Trinajstić information content (AvgIpc) is 2.74. The molecule has 0 aromatic heterocycles. The number of aliphatic imine (C=N–C) groups is 1. The summed E-state index contributed by atoms with van der Waals surface area (Å²) < 4.78 is 19.2. The molecule has 0 radical (unpaired) electrons. The normalized spacial score (nSPS) is 14.5. The van der Waals surface area contributed by atoms with Crippen molar-refractivity contribution in [2.75, 3.05) is 13.2 Å². The van der Waals surface area contributed by atoms with E-state index in [-0.39, 0.29) is 17.8 Å². The molecule has 0 N–H and O–H groups in total. The standard InChI is InChI=1S/C11H9BrFNO2/c12-7-1-2-9(13)8(5-7)10(15)6-11-14-3-4-16-11/h1-2,5H,3-4,6H2. The van der Waals surface area contributed by atoms with Gasteiger partial charge < -0.3 is 4.74 Å². The summed E-state index contributed by atoms with van der Waals surface area (Å²) in [5, 5.41) is 0. The van der Waals surface area contributed by atoms with Gasteiger partial charge in [-0.05, 0) is 18.2 Å². The number of hydrogen-bond donors (Lipinski definition) is 0. The second kappa shape index (κ2) is 4.74. The van der Waals surface area contributed by atoms with Crippen LogP contribution in [0.25, 0.3) is 0 Å². The first-order valence-corrected chi connectivity index (χ1v) is 5.60. The third-order valence-corrected chi connectivity index (χ3v) is 2.68. The van der Waals surface area contributed by atoms with Gasteiger partial charge in [-0.3, -0.25) is 9.79 Å². The van der Waals surface area contributed by atoms with Crippen molar-refractivity contribution in [1.82, 2.24) is 0 Å². The van der Waals surface area contributed by atoms with Gasteiger partial charge in [0, 0.05) is 4.47 Å². The molecule has 84 valence electrons. The lowest BCUT2D eigenvalue weighted by Gasteiger charge is -2.03. The van der Waals surface area contributed by atoms with Crippen LogP contribution in [-0.4, -0.2) is 24.8 Å². The average molecular weight is 286 g/mol. The predicted molar refractivity (Wildman–Crippen MR) is 61.3 cm³/mol. The summed E-state index contributed by atoms with van der Waals surface area (Å²) >= 11 is 3.20. The van der Waals surface area contributed by atoms with Gasteiger partial charge in [0.25, 0.3) is 0 Å². The number of halogens is 2. The molecule has 1 aliphatic heterocycles. The van der Waals surface area contributed by atoms with Crippen LogP contribution in [0.15, 0.2) is 27.7 Å². The molecule has 1 aliphatic rings. The molecule has 0 spiro atoms. The Kier molecular flexibility index (Phi) is 3.33. The summed E-state index contributed by atoms with van der Waals surface area (Å²) in [5.41, 5.74) is 0.0626. The second-order valence-corrected chi connectivity index (χ2v) is 4.26. The van der Waals surface area contributed by atoms with E-state index >= 15 is 0 Å². The van der Waals surface area contributed by atoms with Gasteiger partial charge in [-0.1, -0.05) is 15.9 Å². The highest BCUT2D eigenvalue weighted by atomic mass is 79.9. The van der Waals surface area contributed by atoms with Crippen molar-refractivity contribution in [3.05, 3.63) is 34.1 Å². The Balaban J connectivity index is 2.16. The Bertz CT molecular complexity index is 459. The van der Waals surface area contributed by atoms with E-state index < -0.39 is 5.82 Å². The molecule has 0 saturated heterocycles. The van der Waals surface area contributed by atoms with E-state index in [0.717, 1.165) is 0 Å². The predicted octanol–water partition coefficient (Wildman–Crippen LogP) is 2.59. The SMILES string of the molecule is O=C(CC1=NCCO1)c1cc(Br)ccc1F. The number of Topliss-reactive ketones (excluding diaryl/α,β-unsaturated/α-hetero) is 1. The number of rotatable bonds is 3. The van der Waals surface area contributed by atoms with Crippen molar-refractivity contribution in [2.24, 2.45) is 4.99 Å². The summed E-state index contributed by atoms with van der Waals surface area (Å²) in [6.07, 6.45) is 0.0212. The fraction of sp³-hybridized carbons (Fsp3) is 0.273. The quantitative estimate of drug-likeness (QED) is 0.801. The van der Waals surface area contributed by atoms with E-state index in [1.54, 1.807) is 6.07 Å². The highest BCUT2D eigenvalue weighted by molar-refractivity contribution is 9.10. The third-order valence-electron chi connectivity index (χ3n) is 2.19. The van der Waals surface area contributed by atoms with E-state index in [1.165, 1.54) is 12.1 Å². The molecule has 0 atom stereocenters. The number of nitrogens with zero attached hydrogens (tertiary/aromatic N) is 1. The largest absolute Gasteiger partial charge is 0.479 e. The Labute approximate surface area is 100 Å². The van der Waals surface area contributed by atoms with Crippen LogP contribution in [0, 0.1) is 5.82 Å². The molecule has 0 unspecified atom stereocenters. The van der Waals surface area contributed by atoms with Crippen molar-refractivity contribution in [3.63, 3.8) is 0 Å². The van der Waals surface area contributed by atoms with E-state index in [4.69, 9.17) is 4.74 Å². The van der Waals surface area contributed by atoms with Gasteiger partial charge >= 0.3 is 0 Å². The maximum atomic E-state index is 13.4. The van der Waals surface area contributed by atoms with Crippen molar-refractivity contribution in [1.29, 1.82) is 0 Å². The van der Waals surface area contributed by atoms with Gasteiger partial charge in [0.05, 0.1) is 18.5 Å². The zero-order chi connectivity index (χ0) is 11.5. The molecule has 0 aliphatic carbocycles. The molecular formula is C11H9BrFNO2. The van der Waals surface area contributed by atoms with E-state index in [2.05, 4.69) is 20.9 Å². The zero-order valence-corrected chi connectivity index (χ0v) is 9.96. The number of carbonyl (C=O) groups is 1. The second-order valence-electron chi connectivity index (χ2n) is 3.35. The van der Waals surface area contributed by atoms with Crippen LogP contribution in [0.2, 0.25) is 0 Å². The molecule has 3 nitrogen and oxygen atoms in total. The Hall–Kier alpha value is -1.23. The van der Waals surface area contributed by atoms with E-state index in [0.29, 0.717) is 23.5 Å². The first-order valence-electron chi connectivity index (χ1n) is 4.81. The van der Waals surface area contributed by atoms with Gasteiger partial charge in [0.2, 0.25) is 0 Å². The fourth-order valence-electron chi connectivity index (χ4n) is 1.43. The smallest absolute Gasteiger partial charge is 0.191 e. The number of carbonyl (C=O) groups excluding carboxylic acids is 1. The number of ether oxygens (including phenoxy) is 1. The van der Waals surface area contributed by atoms with Gasteiger partial charge in [0.15, 0.2) is 11.7 Å². The van der Waals surface area contributed by atoms with Gasteiger partial charge in [-0.25, -0.2) is 4.39 Å². The van der Waals surface area contributed by atoms with Crippen molar-refractivity contribution < 1.29 is 13.9 Å². The van der Waals surface area contributed by atoms with Crippen LogP contribution >= 0.6 is 15.9 Å². The monoisotopic (exact) mass is 285 g/mol. The lowest BCUT2D eigenvalue weighted by Crippen LogP contribution is -2.10. The van der Waals surface area contributed by atoms with Crippen LogP contribution in [-0.2, 0) is 4.74 Å². The third kappa shape index (κ3) is 2.47. The van der Waals surface area contributed by atoms with Crippen molar-refractivity contribution >= 4 is 27.6 Å². The molecule has 0 saturated carbocycles. The van der Waals surface area contributed by atoms with Gasteiger partial charge in [-0.2, -0.15) is 0 Å². The van der Waals surface area contributed by atoms with Crippen LogP contribution in [0.4, 0.5) is 4.39 Å². The minimum absolute atomic E-state index is 0.0212. The summed E-state index contributed by atoms with van der Waals surface area (Å²) in [5.74, 6) is -0.448. The minimum Gasteiger partial charge on any atom is -0.479 e. The summed E-state index contributed by atoms with van der Waals surface area (Å²) in [4.78, 5) is 15.7. The van der Waals surface area contributed by atoms with Gasteiger partial charge in [-0.15, -0.1) is 0 Å². The number of benzene rings is 1. The number of hydrogen-bond acceptors (Lipinski definition) is 3. The molecule has 1 aromatic rings. The highest BCUT2D eigenvalue weighted by Gasteiger charge is 2.17. The van der Waals surface area contributed by atoms with Crippen LogP contribution in [0.3, 0.4) is 0 Å². The molecule has 0 fully saturated rings. The maximum Gasteiger partial charge on any atom is 0.191 e. The molecule has 1 heterocycles. The first kappa shape index (κ1) is 11.3. The Morgan fingerprint density at radius 3 is 3.06 bits per heavy atom. The lowest BCUT2D eigenvalue weighted by atomic mass is 10.1. The minimum atomic E-state index is -0.521. The molecule has 0 bridgehead atoms. The first-order chi connectivity index (χ1) is 7.66. The molecule has 5 heteroatoms. The molecule has 2 rings (SSSR count). The lowest BCUT2D eigenvalue weighted by molar-refractivity contribution is 0.0991. The Morgan fingerprint density at radius 1 is 1.56 bits per heavy atom. The Morgan fingerprint density at radius 2 is 2.38 bits per heavy atom. The molecule has 0 amide bonds. The van der Waals surface area contributed by atoms with Crippen molar-refractivity contribution in [3.8, 4) is 0 Å². The molecule has 16 heavy (non-hydrogen) atoms. The zero-order valence-electron chi connectivity index (χ0n) is 8.37. The summed E-state index contributed by atoms with van der Waals surface area (Å²) in [6, 6.07) is 4.28. The molecule has 1 aromatic carbocycles. The van der Waals surface area contributed by atoms with Crippen LogP contribution in [0.5, 0.6) is 0 Å². The summed E-state index contributed by atoms with van der Waals surface area (Å²) in [6.45, 7) is 1.08. The summed E-state index contributed by atoms with van der Waals surface area (Å²) in [7, 11) is 0. The highest BCUT2D eigenvalue weighted by Crippen LogP contribution is 2.17. The van der Waals surface area contributed by atoms with E-state index in [1.807, 2.05) is 0 Å². The van der Waals surface area contributed by atoms with Gasteiger partial charge in [0.1, 0.15) is 12.4 Å². The number of ketones is 1. The fourth-order valence-corrected chi connectivity index (χ4v) is 1.79. The van der Waals surface area contributed by atoms with Crippen molar-refractivity contribution in [2.45, 2.75) is 6.42 Å². The van der Waals surface area contributed by atoms with Crippen LogP contribution in [0.1, 0.15) is 16.8 Å². The maximum absolute atomic E-state index is 13.4. The topological polar surface area (TPSA) is 38.7 Å². The van der Waals surface area contributed by atoms with E-state index in [9.17, 15) is 9.18 Å². The molecular weight excluding hydrogens is 277 g/mol. The van der Waals surface area contributed by atoms with Crippen LogP contribution < -0.4 is 0 Å².